The van der Waals surface area contributed by atoms with Gasteiger partial charge < -0.3 is 14.5 Å². The number of hydrogen-bond acceptors (Lipinski definition) is 6. The smallest absolute Gasteiger partial charge is 0.410 e. The summed E-state index contributed by atoms with van der Waals surface area (Å²) in [6, 6.07) is 8.05. The summed E-state index contributed by atoms with van der Waals surface area (Å²) in [5, 5.41) is 0.729. The van der Waals surface area contributed by atoms with E-state index < -0.39 is 34.1 Å². The number of benzene rings is 1. The Balaban J connectivity index is 1.14. The van der Waals surface area contributed by atoms with E-state index >= 15 is 0 Å². The number of allylic oxidation sites excluding steroid dienone is 2. The standard InChI is InChI=1S/C27H27FN4O5S/c28-21-6-2-7-23(18-21)37-27(34)32-16-14-31(15-17-32)26(33)20-9-11-22(12-10-20)30-38(35,36)24-8-1-4-19-5-3-13-29-25(19)24/h1-6,8-11,13,18,22-23,30H,7,12,14-17H2. The van der Waals surface area contributed by atoms with E-state index in [0.29, 0.717) is 50.1 Å². The summed E-state index contributed by atoms with van der Waals surface area (Å²) in [5.74, 6) is -0.616. The van der Waals surface area contributed by atoms with Crippen LogP contribution in [0.2, 0.25) is 0 Å². The molecule has 2 aromatic rings. The third-order valence-corrected chi connectivity index (χ3v) is 8.13. The molecular formula is C27H27FN4O5S. The molecule has 1 saturated heterocycles. The van der Waals surface area contributed by atoms with Crippen molar-refractivity contribution < 1.29 is 27.1 Å². The lowest BCUT2D eigenvalue weighted by molar-refractivity contribution is -0.128. The first-order chi connectivity index (χ1) is 18.3. The Labute approximate surface area is 220 Å². The van der Waals surface area contributed by atoms with E-state index in [-0.39, 0.29) is 10.8 Å². The van der Waals surface area contributed by atoms with Gasteiger partial charge in [-0.2, -0.15) is 0 Å². The number of fused-ring (bicyclic) bond motifs is 1. The number of halogens is 1. The molecule has 2 unspecified atom stereocenters. The molecule has 2 atom stereocenters. The zero-order chi connectivity index (χ0) is 26.7. The number of carbonyl (C=O) groups is 2. The first kappa shape index (κ1) is 25.8. The van der Waals surface area contributed by atoms with Crippen LogP contribution in [-0.4, -0.2) is 73.5 Å². The van der Waals surface area contributed by atoms with Crippen LogP contribution in [0.15, 0.2) is 89.3 Å². The van der Waals surface area contributed by atoms with Crippen molar-refractivity contribution in [2.75, 3.05) is 26.2 Å². The molecule has 2 amide bonds. The van der Waals surface area contributed by atoms with Gasteiger partial charge in [0.15, 0.2) is 0 Å². The van der Waals surface area contributed by atoms with Gasteiger partial charge >= 0.3 is 6.09 Å². The Bertz CT molecular complexity index is 1470. The van der Waals surface area contributed by atoms with Gasteiger partial charge in [0.05, 0.1) is 5.52 Å². The molecule has 1 aromatic carbocycles. The molecule has 11 heteroatoms. The number of carbonyl (C=O) groups excluding carboxylic acids is 2. The molecule has 0 saturated carbocycles. The second kappa shape index (κ2) is 10.9. The van der Waals surface area contributed by atoms with Crippen molar-refractivity contribution in [2.45, 2.75) is 29.9 Å². The highest BCUT2D eigenvalue weighted by atomic mass is 32.2. The molecule has 1 N–H and O–H groups in total. The van der Waals surface area contributed by atoms with Crippen LogP contribution in [-0.2, 0) is 19.6 Å². The van der Waals surface area contributed by atoms with Crippen molar-refractivity contribution in [1.82, 2.24) is 19.5 Å². The fraction of sp³-hybridized carbons (Fsp3) is 0.296. The summed E-state index contributed by atoms with van der Waals surface area (Å²) in [4.78, 5) is 32.9. The minimum Gasteiger partial charge on any atom is -0.441 e. The maximum Gasteiger partial charge on any atom is 0.410 e. The van der Waals surface area contributed by atoms with Crippen LogP contribution in [0.1, 0.15) is 12.8 Å². The summed E-state index contributed by atoms with van der Waals surface area (Å²) in [7, 11) is -3.84. The van der Waals surface area contributed by atoms with Crippen molar-refractivity contribution in [3.63, 3.8) is 0 Å². The number of amides is 2. The molecule has 0 bridgehead atoms. The Morgan fingerprint density at radius 1 is 1.03 bits per heavy atom. The van der Waals surface area contributed by atoms with Crippen molar-refractivity contribution in [3.8, 4) is 0 Å². The van der Waals surface area contributed by atoms with Gasteiger partial charge in [0, 0.05) is 55.8 Å². The number of para-hydroxylation sites is 1. The molecule has 3 aliphatic rings. The van der Waals surface area contributed by atoms with Gasteiger partial charge in [0.2, 0.25) is 10.0 Å². The third kappa shape index (κ3) is 5.68. The minimum absolute atomic E-state index is 0.104. The van der Waals surface area contributed by atoms with E-state index in [2.05, 4.69) is 9.71 Å². The number of hydrogen-bond donors (Lipinski definition) is 1. The molecule has 5 rings (SSSR count). The molecule has 0 radical (unpaired) electrons. The fourth-order valence-electron chi connectivity index (χ4n) is 4.60. The highest BCUT2D eigenvalue weighted by Crippen LogP contribution is 2.23. The summed E-state index contributed by atoms with van der Waals surface area (Å²) < 4.78 is 47.5. The highest BCUT2D eigenvalue weighted by Gasteiger charge is 2.29. The van der Waals surface area contributed by atoms with Crippen molar-refractivity contribution in [3.05, 3.63) is 84.4 Å². The molecule has 9 nitrogen and oxygen atoms in total. The predicted octanol–water partition coefficient (Wildman–Crippen LogP) is 3.23. The maximum absolute atomic E-state index is 13.4. The molecule has 0 spiro atoms. The molecule has 1 aliphatic heterocycles. The van der Waals surface area contributed by atoms with Gasteiger partial charge in [-0.3, -0.25) is 9.78 Å². The van der Waals surface area contributed by atoms with Gasteiger partial charge in [-0.05, 0) is 30.7 Å². The number of nitrogens with one attached hydrogen (secondary N) is 1. The topological polar surface area (TPSA) is 109 Å². The van der Waals surface area contributed by atoms with Crippen LogP contribution in [0.4, 0.5) is 9.18 Å². The van der Waals surface area contributed by atoms with Crippen LogP contribution in [0, 0.1) is 0 Å². The Morgan fingerprint density at radius 3 is 2.53 bits per heavy atom. The van der Waals surface area contributed by atoms with E-state index in [4.69, 9.17) is 4.74 Å². The van der Waals surface area contributed by atoms with Gasteiger partial charge in [-0.15, -0.1) is 0 Å². The van der Waals surface area contributed by atoms with Gasteiger partial charge in [-0.25, -0.2) is 22.3 Å². The molecule has 1 aromatic heterocycles. The van der Waals surface area contributed by atoms with Crippen LogP contribution in [0.5, 0.6) is 0 Å². The number of aromatic nitrogens is 1. The fourth-order valence-corrected chi connectivity index (χ4v) is 5.98. The first-order valence-electron chi connectivity index (χ1n) is 12.3. The monoisotopic (exact) mass is 538 g/mol. The summed E-state index contributed by atoms with van der Waals surface area (Å²) in [6.07, 6.45) is 10.4. The number of pyridine rings is 1. The summed E-state index contributed by atoms with van der Waals surface area (Å²) in [5.41, 5.74) is 0.869. The zero-order valence-corrected chi connectivity index (χ0v) is 21.3. The van der Waals surface area contributed by atoms with Crippen LogP contribution in [0.3, 0.4) is 0 Å². The number of ether oxygens (including phenoxy) is 1. The van der Waals surface area contributed by atoms with Gasteiger partial charge in [0.25, 0.3) is 5.91 Å². The molecule has 1 fully saturated rings. The second-order valence-electron chi connectivity index (χ2n) is 9.20. The lowest BCUT2D eigenvalue weighted by Crippen LogP contribution is -2.51. The Kier molecular flexibility index (Phi) is 7.39. The molecular weight excluding hydrogens is 511 g/mol. The van der Waals surface area contributed by atoms with E-state index in [1.807, 2.05) is 0 Å². The third-order valence-electron chi connectivity index (χ3n) is 6.61. The quantitative estimate of drug-likeness (QED) is 0.626. The van der Waals surface area contributed by atoms with Gasteiger partial charge in [-0.1, -0.05) is 42.5 Å². The average molecular weight is 539 g/mol. The Hall–Kier alpha value is -3.83. The van der Waals surface area contributed by atoms with Crippen molar-refractivity contribution in [1.29, 1.82) is 0 Å². The molecule has 2 aliphatic carbocycles. The highest BCUT2D eigenvalue weighted by molar-refractivity contribution is 7.89. The minimum atomic E-state index is -3.84. The molecule has 38 heavy (non-hydrogen) atoms. The van der Waals surface area contributed by atoms with E-state index in [0.717, 1.165) is 5.39 Å². The zero-order valence-electron chi connectivity index (χ0n) is 20.5. The number of nitrogens with zero attached hydrogens (tertiary/aromatic N) is 3. The largest absolute Gasteiger partial charge is 0.441 e. The van der Waals surface area contributed by atoms with E-state index in [1.165, 1.54) is 23.1 Å². The lowest BCUT2D eigenvalue weighted by Gasteiger charge is -2.35. The predicted molar refractivity (Wildman–Crippen MR) is 139 cm³/mol. The maximum atomic E-state index is 13.4. The number of rotatable bonds is 5. The first-order valence-corrected chi connectivity index (χ1v) is 13.8. The lowest BCUT2D eigenvalue weighted by atomic mass is 10.0. The normalized spacial score (nSPS) is 21.7. The second-order valence-corrected chi connectivity index (χ2v) is 10.9. The van der Waals surface area contributed by atoms with Crippen LogP contribution < -0.4 is 4.72 Å². The average Bonchev–Trinajstić information content (AvgIpc) is 2.92. The summed E-state index contributed by atoms with van der Waals surface area (Å²) in [6.45, 7) is 1.27. The van der Waals surface area contributed by atoms with Crippen molar-refractivity contribution >= 4 is 32.9 Å². The van der Waals surface area contributed by atoms with Crippen LogP contribution in [0.25, 0.3) is 10.9 Å². The Morgan fingerprint density at radius 2 is 1.79 bits per heavy atom. The summed E-state index contributed by atoms with van der Waals surface area (Å²) >= 11 is 0. The van der Waals surface area contributed by atoms with Gasteiger partial charge in [0.1, 0.15) is 16.8 Å². The molecule has 2 heterocycles. The van der Waals surface area contributed by atoms with Crippen molar-refractivity contribution in [2.24, 2.45) is 0 Å². The number of sulfonamides is 1. The SMILES string of the molecule is O=C(OC1C=C(F)C=CC1)N1CCN(C(=O)C2=CCC(NS(=O)(=O)c3cccc4cccnc34)C=C2)CC1. The molecule has 198 valence electrons. The van der Waals surface area contributed by atoms with E-state index in [1.54, 1.807) is 59.7 Å². The number of piperazine rings is 1. The van der Waals surface area contributed by atoms with E-state index in [9.17, 15) is 22.4 Å². The van der Waals surface area contributed by atoms with Crippen LogP contribution >= 0.6 is 0 Å².